The summed E-state index contributed by atoms with van der Waals surface area (Å²) >= 11 is 0. The van der Waals surface area contributed by atoms with Gasteiger partial charge in [-0.3, -0.25) is 4.99 Å². The molecule has 1 aliphatic heterocycles. The fourth-order valence-electron chi connectivity index (χ4n) is 2.08. The summed E-state index contributed by atoms with van der Waals surface area (Å²) in [5.74, 6) is 0. The Bertz CT molecular complexity index is 528. The minimum absolute atomic E-state index is 0.0942. The van der Waals surface area contributed by atoms with E-state index in [1.807, 2.05) is 24.4 Å². The number of hydrogen-bond donors (Lipinski definition) is 0. The normalized spacial score (nSPS) is 21.2. The smallest absolute Gasteiger partial charge is 0.399 e. The van der Waals surface area contributed by atoms with Crippen molar-refractivity contribution in [1.82, 2.24) is 0 Å². The van der Waals surface area contributed by atoms with Crippen molar-refractivity contribution in [3.63, 3.8) is 0 Å². The average Bonchev–Trinajstić information content (AvgIpc) is 2.55. The largest absolute Gasteiger partial charge is 0.495 e. The molecule has 3 nitrogen and oxygen atoms in total. The lowest BCUT2D eigenvalue weighted by molar-refractivity contribution is 0.00578. The second kappa shape index (κ2) is 5.26. The van der Waals surface area contributed by atoms with E-state index in [1.165, 1.54) is 0 Å². The third-order valence-electron chi connectivity index (χ3n) is 4.09. The first-order chi connectivity index (χ1) is 9.52. The van der Waals surface area contributed by atoms with Gasteiger partial charge < -0.3 is 9.31 Å². The van der Waals surface area contributed by atoms with E-state index in [0.29, 0.717) is 0 Å². The second-order valence-corrected chi connectivity index (χ2v) is 7.65. The molecule has 0 radical (unpaired) electrons. The van der Waals surface area contributed by atoms with E-state index in [-0.39, 0.29) is 23.9 Å². The number of nitrogens with zero attached hydrogens (tertiary/aromatic N) is 1. The highest BCUT2D eigenvalue weighted by Crippen LogP contribution is 2.36. The highest BCUT2D eigenvalue weighted by atomic mass is 16.7. The maximum atomic E-state index is 6.14. The second-order valence-electron chi connectivity index (χ2n) is 7.65. The van der Waals surface area contributed by atoms with Crippen LogP contribution in [0.25, 0.3) is 0 Å². The molecule has 0 N–H and O–H groups in total. The van der Waals surface area contributed by atoms with Crippen molar-refractivity contribution in [3.8, 4) is 0 Å². The summed E-state index contributed by atoms with van der Waals surface area (Å²) < 4.78 is 12.3. The van der Waals surface area contributed by atoms with Gasteiger partial charge in [-0.15, -0.1) is 0 Å². The summed E-state index contributed by atoms with van der Waals surface area (Å²) in [4.78, 5) is 4.60. The Morgan fingerprint density at radius 3 is 2.05 bits per heavy atom. The summed E-state index contributed by atoms with van der Waals surface area (Å²) in [5.41, 5.74) is 1.33. The highest BCUT2D eigenvalue weighted by Gasteiger charge is 2.52. The van der Waals surface area contributed by atoms with Crippen LogP contribution in [0.4, 0.5) is 0 Å². The van der Waals surface area contributed by atoms with Crippen LogP contribution in [0.1, 0.15) is 54.0 Å². The van der Waals surface area contributed by atoms with Gasteiger partial charge in [-0.05, 0) is 59.5 Å². The Balaban J connectivity index is 2.32. The van der Waals surface area contributed by atoms with Gasteiger partial charge in [-0.25, -0.2) is 0 Å². The molecule has 0 saturated carbocycles. The molecule has 1 aromatic carbocycles. The minimum Gasteiger partial charge on any atom is -0.399 e. The van der Waals surface area contributed by atoms with Crippen molar-refractivity contribution in [2.45, 2.75) is 65.2 Å². The van der Waals surface area contributed by atoms with Gasteiger partial charge in [-0.2, -0.15) is 0 Å². The maximum Gasteiger partial charge on any atom is 0.495 e. The lowest BCUT2D eigenvalue weighted by atomic mass is 9.76. The van der Waals surface area contributed by atoms with Gasteiger partial charge in [0.2, 0.25) is 0 Å². The van der Waals surface area contributed by atoms with Crippen LogP contribution in [0.15, 0.2) is 29.3 Å². The fourth-order valence-corrected chi connectivity index (χ4v) is 2.08. The van der Waals surface area contributed by atoms with Crippen molar-refractivity contribution in [2.24, 2.45) is 4.99 Å². The molecular formula is C17H26BNO2. The lowest BCUT2D eigenvalue weighted by Crippen LogP contribution is -2.41. The predicted octanol–water partition coefficient (Wildman–Crippen LogP) is 3.20. The van der Waals surface area contributed by atoms with Gasteiger partial charge in [0.05, 0.1) is 16.7 Å². The molecule has 1 aliphatic rings. The number of rotatable bonds is 2. The molecule has 1 saturated heterocycles. The van der Waals surface area contributed by atoms with E-state index in [9.17, 15) is 0 Å². The van der Waals surface area contributed by atoms with E-state index < -0.39 is 0 Å². The van der Waals surface area contributed by atoms with Crippen molar-refractivity contribution in [1.29, 1.82) is 0 Å². The third-order valence-corrected chi connectivity index (χ3v) is 4.09. The standard InChI is InChI=1S/C17H26BNO2/c1-15(2,3)19-12-13-10-8-9-11-14(13)18-20-16(4,5)17(6,7)21-18/h8-12H,1-7H3. The van der Waals surface area contributed by atoms with Crippen LogP contribution in [0.2, 0.25) is 0 Å². The van der Waals surface area contributed by atoms with Gasteiger partial charge in [0, 0.05) is 6.21 Å². The van der Waals surface area contributed by atoms with Crippen molar-refractivity contribution in [2.75, 3.05) is 0 Å². The Hall–Kier alpha value is -1.13. The molecule has 1 heterocycles. The Kier molecular flexibility index (Phi) is 4.07. The monoisotopic (exact) mass is 287 g/mol. The minimum atomic E-state index is -0.349. The van der Waals surface area contributed by atoms with E-state index >= 15 is 0 Å². The fraction of sp³-hybridized carbons (Fsp3) is 0.588. The summed E-state index contributed by atoms with van der Waals surface area (Å²) in [5, 5.41) is 0. The molecule has 0 amide bonds. The van der Waals surface area contributed by atoms with Crippen LogP contribution >= 0.6 is 0 Å². The molecule has 21 heavy (non-hydrogen) atoms. The lowest BCUT2D eigenvalue weighted by Gasteiger charge is -2.32. The summed E-state index contributed by atoms with van der Waals surface area (Å²) in [7, 11) is -0.349. The van der Waals surface area contributed by atoms with Gasteiger partial charge in [0.15, 0.2) is 0 Å². The Labute approximate surface area is 128 Å². The molecule has 0 aromatic heterocycles. The van der Waals surface area contributed by atoms with Crippen LogP contribution in [0, 0.1) is 0 Å². The van der Waals surface area contributed by atoms with Crippen LogP contribution in [-0.4, -0.2) is 30.1 Å². The summed E-state index contributed by atoms with van der Waals surface area (Å²) in [6.45, 7) is 14.5. The first kappa shape index (κ1) is 16.2. The van der Waals surface area contributed by atoms with E-state index in [1.54, 1.807) is 0 Å². The first-order valence-corrected chi connectivity index (χ1v) is 7.52. The van der Waals surface area contributed by atoms with E-state index in [4.69, 9.17) is 9.31 Å². The van der Waals surface area contributed by atoms with Gasteiger partial charge in [0.25, 0.3) is 0 Å². The van der Waals surface area contributed by atoms with Gasteiger partial charge in [-0.1, -0.05) is 24.3 Å². The molecule has 0 aliphatic carbocycles. The molecule has 1 fully saturated rings. The predicted molar refractivity (Wildman–Crippen MR) is 89.5 cm³/mol. The average molecular weight is 287 g/mol. The first-order valence-electron chi connectivity index (χ1n) is 7.52. The van der Waals surface area contributed by atoms with Crippen LogP contribution < -0.4 is 5.46 Å². The Morgan fingerprint density at radius 2 is 1.52 bits per heavy atom. The zero-order valence-electron chi connectivity index (χ0n) is 14.2. The SMILES string of the molecule is CC(C)(C)N=Cc1ccccc1B1OC(C)(C)C(C)(C)O1. The zero-order valence-corrected chi connectivity index (χ0v) is 14.2. The summed E-state index contributed by atoms with van der Waals surface area (Å²) in [6, 6.07) is 8.12. The molecule has 114 valence electrons. The quantitative estimate of drug-likeness (QED) is 0.618. The van der Waals surface area contributed by atoms with Crippen LogP contribution in [-0.2, 0) is 9.31 Å². The molecule has 0 bridgehead atoms. The van der Waals surface area contributed by atoms with Crippen LogP contribution in [0.3, 0.4) is 0 Å². The Morgan fingerprint density at radius 1 is 1.00 bits per heavy atom. The third kappa shape index (κ3) is 3.56. The van der Waals surface area contributed by atoms with Crippen LogP contribution in [0.5, 0.6) is 0 Å². The van der Waals surface area contributed by atoms with E-state index in [2.05, 4.69) is 59.5 Å². The van der Waals surface area contributed by atoms with E-state index in [0.717, 1.165) is 11.0 Å². The maximum absolute atomic E-state index is 6.14. The molecule has 0 spiro atoms. The van der Waals surface area contributed by atoms with Gasteiger partial charge >= 0.3 is 7.12 Å². The number of aliphatic imine (C=N–C) groups is 1. The summed E-state index contributed by atoms with van der Waals surface area (Å²) in [6.07, 6.45) is 1.92. The van der Waals surface area contributed by atoms with Crippen molar-refractivity contribution >= 4 is 18.8 Å². The van der Waals surface area contributed by atoms with Crippen molar-refractivity contribution in [3.05, 3.63) is 29.8 Å². The molecule has 0 unspecified atom stereocenters. The number of hydrogen-bond acceptors (Lipinski definition) is 3. The highest BCUT2D eigenvalue weighted by molar-refractivity contribution is 6.63. The zero-order chi connectivity index (χ0) is 15.9. The van der Waals surface area contributed by atoms with Crippen molar-refractivity contribution < 1.29 is 9.31 Å². The molecule has 2 rings (SSSR count). The molecule has 0 atom stereocenters. The molecule has 1 aromatic rings. The molecular weight excluding hydrogens is 261 g/mol. The topological polar surface area (TPSA) is 30.8 Å². The number of benzene rings is 1. The van der Waals surface area contributed by atoms with Gasteiger partial charge in [0.1, 0.15) is 0 Å². The molecule has 4 heteroatoms.